The molecule has 2 saturated carbocycles. The van der Waals surface area contributed by atoms with Gasteiger partial charge in [-0.05, 0) is 174 Å². The van der Waals surface area contributed by atoms with Gasteiger partial charge in [0, 0.05) is 39.7 Å². The molecule has 0 bridgehead atoms. The van der Waals surface area contributed by atoms with Gasteiger partial charge in [0.05, 0.1) is 5.56 Å². The van der Waals surface area contributed by atoms with Crippen LogP contribution in [-0.4, -0.2) is 0 Å². The van der Waals surface area contributed by atoms with Gasteiger partial charge in [-0.25, -0.2) is 4.39 Å². The molecule has 6 rings (SSSR count). The molecule has 2 aliphatic rings. The summed E-state index contributed by atoms with van der Waals surface area (Å²) >= 11 is 0. The normalized spacial score (nSPS) is 19.2. The Balaban J connectivity index is 0.000000198. The van der Waals surface area contributed by atoms with Crippen molar-refractivity contribution in [3.63, 3.8) is 0 Å². The van der Waals surface area contributed by atoms with Crippen molar-refractivity contribution in [3.8, 4) is 47.4 Å². The second kappa shape index (κ2) is 18.3. The van der Waals surface area contributed by atoms with Gasteiger partial charge in [0.15, 0.2) is 0 Å². The number of rotatable bonds is 0. The molecule has 0 heterocycles. The molecule has 4 aromatic carbocycles. The fourth-order valence-electron chi connectivity index (χ4n) is 6.54. The van der Waals surface area contributed by atoms with Crippen LogP contribution in [0.25, 0.3) is 0 Å². The van der Waals surface area contributed by atoms with Crippen LogP contribution in [0.3, 0.4) is 0 Å². The Labute approximate surface area is 307 Å². The summed E-state index contributed by atoms with van der Waals surface area (Å²) in [5.74, 6) is 28.2. The minimum Gasteiger partial charge on any atom is -0.206 e. The third-order valence-corrected chi connectivity index (χ3v) is 10.4. The lowest BCUT2D eigenvalue weighted by Gasteiger charge is -2.21. The van der Waals surface area contributed by atoms with Crippen molar-refractivity contribution >= 4 is 0 Å². The van der Waals surface area contributed by atoms with Gasteiger partial charge in [0.2, 0.25) is 0 Å². The number of benzene rings is 4. The first-order valence-electron chi connectivity index (χ1n) is 18.7. The molecule has 0 unspecified atom stereocenters. The zero-order chi connectivity index (χ0) is 36.2. The fraction of sp³-hybridized carbons (Fsp3) is 0.360. The van der Waals surface area contributed by atoms with Crippen molar-refractivity contribution in [1.82, 2.24) is 0 Å². The van der Waals surface area contributed by atoms with Crippen molar-refractivity contribution < 1.29 is 4.39 Å². The SMILES string of the molecule is Cc1cc(C#Cc2ccc(C#CC3CCC(C)CC3)cc2)cc(C)c1C.Cc1ccc(C#Cc2ccc(C#CC3CCC(C)CC3)c(F)c2)cc1. The Kier molecular flexibility index (Phi) is 13.4. The van der Waals surface area contributed by atoms with E-state index in [4.69, 9.17) is 0 Å². The monoisotopic (exact) mass is 670 g/mol. The first kappa shape index (κ1) is 37.3. The smallest absolute Gasteiger partial charge is 0.140 e. The van der Waals surface area contributed by atoms with Gasteiger partial charge in [0.1, 0.15) is 5.82 Å². The van der Waals surface area contributed by atoms with Gasteiger partial charge >= 0.3 is 0 Å². The molecule has 0 radical (unpaired) electrons. The molecule has 4 aromatic rings. The predicted molar refractivity (Wildman–Crippen MR) is 213 cm³/mol. The minimum absolute atomic E-state index is 0.285. The van der Waals surface area contributed by atoms with E-state index in [0.29, 0.717) is 23.0 Å². The third-order valence-electron chi connectivity index (χ3n) is 10.4. The number of hydrogen-bond donors (Lipinski definition) is 0. The maximum atomic E-state index is 14.3. The van der Waals surface area contributed by atoms with Crippen molar-refractivity contribution in [2.75, 3.05) is 0 Å². The van der Waals surface area contributed by atoms with Crippen LogP contribution in [0.5, 0.6) is 0 Å². The van der Waals surface area contributed by atoms with E-state index in [1.54, 1.807) is 6.07 Å². The van der Waals surface area contributed by atoms with Crippen LogP contribution in [0.1, 0.15) is 121 Å². The summed E-state index contributed by atoms with van der Waals surface area (Å²) in [7, 11) is 0. The Morgan fingerprint density at radius 1 is 0.451 bits per heavy atom. The van der Waals surface area contributed by atoms with E-state index in [0.717, 1.165) is 46.9 Å². The summed E-state index contributed by atoms with van der Waals surface area (Å²) in [5, 5.41) is 0. The number of hydrogen-bond acceptors (Lipinski definition) is 0. The summed E-state index contributed by atoms with van der Waals surface area (Å²) in [6.07, 6.45) is 9.90. The zero-order valence-electron chi connectivity index (χ0n) is 31.3. The van der Waals surface area contributed by atoms with Crippen molar-refractivity contribution in [3.05, 3.63) is 140 Å². The molecule has 0 saturated heterocycles. The quantitative estimate of drug-likeness (QED) is 0.163. The van der Waals surface area contributed by atoms with Crippen molar-refractivity contribution in [2.45, 2.75) is 92.9 Å². The summed E-state index contributed by atoms with van der Waals surface area (Å²) in [5.41, 5.74) is 10.5. The second-order valence-electron chi connectivity index (χ2n) is 14.8. The van der Waals surface area contributed by atoms with Gasteiger partial charge < -0.3 is 0 Å². The van der Waals surface area contributed by atoms with E-state index in [-0.39, 0.29) is 5.82 Å². The van der Waals surface area contributed by atoms with Crippen molar-refractivity contribution in [2.24, 2.45) is 23.7 Å². The second-order valence-corrected chi connectivity index (χ2v) is 14.8. The molecule has 0 amide bonds. The van der Waals surface area contributed by atoms with Crippen LogP contribution in [0.2, 0.25) is 0 Å². The highest BCUT2D eigenvalue weighted by atomic mass is 19.1. The lowest BCUT2D eigenvalue weighted by molar-refractivity contribution is 0.337. The predicted octanol–water partition coefficient (Wildman–Crippen LogP) is 11.9. The molecule has 0 atom stereocenters. The average molecular weight is 671 g/mol. The summed E-state index contributed by atoms with van der Waals surface area (Å²) in [4.78, 5) is 0. The summed E-state index contributed by atoms with van der Waals surface area (Å²) in [6.45, 7) is 13.1. The van der Waals surface area contributed by atoms with Gasteiger partial charge in [-0.15, -0.1) is 0 Å². The topological polar surface area (TPSA) is 0 Å². The first-order valence-corrected chi connectivity index (χ1v) is 18.7. The van der Waals surface area contributed by atoms with Crippen LogP contribution < -0.4 is 0 Å². The lowest BCUT2D eigenvalue weighted by atomic mass is 9.83. The molecule has 51 heavy (non-hydrogen) atoms. The van der Waals surface area contributed by atoms with E-state index in [2.05, 4.69) is 118 Å². The number of halogens is 1. The maximum absolute atomic E-state index is 14.3. The maximum Gasteiger partial charge on any atom is 0.140 e. The van der Waals surface area contributed by atoms with E-state index < -0.39 is 0 Å². The van der Waals surface area contributed by atoms with E-state index in [9.17, 15) is 4.39 Å². The Hall–Kier alpha value is -4.95. The Morgan fingerprint density at radius 2 is 0.863 bits per heavy atom. The largest absolute Gasteiger partial charge is 0.206 e. The zero-order valence-corrected chi connectivity index (χ0v) is 31.3. The molecule has 2 aliphatic carbocycles. The minimum atomic E-state index is -0.285. The molecule has 0 aromatic heterocycles. The molecule has 0 spiro atoms. The van der Waals surface area contributed by atoms with Crippen molar-refractivity contribution in [1.29, 1.82) is 0 Å². The molecular weight excluding hydrogens is 620 g/mol. The van der Waals surface area contributed by atoms with Gasteiger partial charge in [-0.3, -0.25) is 0 Å². The Morgan fingerprint density at radius 3 is 1.37 bits per heavy atom. The van der Waals surface area contributed by atoms with E-state index >= 15 is 0 Å². The van der Waals surface area contributed by atoms with E-state index in [1.807, 2.05) is 37.3 Å². The van der Waals surface area contributed by atoms with Crippen LogP contribution in [0.15, 0.2) is 78.9 Å². The highest BCUT2D eigenvalue weighted by Gasteiger charge is 2.17. The van der Waals surface area contributed by atoms with Gasteiger partial charge in [-0.2, -0.15) is 0 Å². The van der Waals surface area contributed by atoms with Crippen LogP contribution in [0, 0.1) is 105 Å². The van der Waals surface area contributed by atoms with Gasteiger partial charge in [0.25, 0.3) is 0 Å². The number of aryl methyl sites for hydroxylation is 3. The molecule has 0 nitrogen and oxygen atoms in total. The molecule has 1 heteroatoms. The van der Waals surface area contributed by atoms with Crippen LogP contribution in [0.4, 0.5) is 4.39 Å². The molecule has 258 valence electrons. The Bertz CT molecular complexity index is 2010. The lowest BCUT2D eigenvalue weighted by Crippen LogP contribution is -2.10. The molecular formula is C50H51F. The fourth-order valence-corrected chi connectivity index (χ4v) is 6.54. The third kappa shape index (κ3) is 11.8. The first-order chi connectivity index (χ1) is 24.6. The van der Waals surface area contributed by atoms with Crippen LogP contribution in [-0.2, 0) is 0 Å². The summed E-state index contributed by atoms with van der Waals surface area (Å²) in [6, 6.07) is 25.7. The van der Waals surface area contributed by atoms with Gasteiger partial charge in [-0.1, -0.05) is 78.9 Å². The molecule has 0 aliphatic heterocycles. The van der Waals surface area contributed by atoms with Crippen LogP contribution >= 0.6 is 0 Å². The average Bonchev–Trinajstić information content (AvgIpc) is 3.13. The summed E-state index contributed by atoms with van der Waals surface area (Å²) < 4.78 is 14.3. The standard InChI is InChI=1S/C26H28.C24H23F/c1-19-5-7-23(8-6-19)9-10-24-11-13-25(14-12-24)15-16-26-17-20(2)22(4)21(3)18-26;1-18-3-7-20(8-4-18)11-12-22-14-16-23(24(25)17-22)15-13-21-9-5-19(2)6-10-21/h11-14,17-19,23H,5-8H2,1-4H3;3-4,7-8,14,16-17,19,21H,5-6,9-10H2,1-2H3. The van der Waals surface area contributed by atoms with E-state index in [1.165, 1.54) is 66.8 Å². The molecule has 2 fully saturated rings. The molecule has 0 N–H and O–H groups in total. The highest BCUT2D eigenvalue weighted by Crippen LogP contribution is 2.28. The highest BCUT2D eigenvalue weighted by molar-refractivity contribution is 5.50.